The second kappa shape index (κ2) is 3.42. The van der Waals surface area contributed by atoms with Crippen LogP contribution < -0.4 is 0 Å². The fourth-order valence-electron chi connectivity index (χ4n) is 2.67. The summed E-state index contributed by atoms with van der Waals surface area (Å²) in [5.74, 6) is 1.35. The molecule has 0 radical (unpaired) electrons. The van der Waals surface area contributed by atoms with Crippen molar-refractivity contribution in [2.45, 2.75) is 26.2 Å². The highest BCUT2D eigenvalue weighted by Gasteiger charge is 2.23. The molecule has 18 heavy (non-hydrogen) atoms. The molecule has 4 heteroatoms. The monoisotopic (exact) mass is 256 g/mol. The number of nitrogens with zero attached hydrogens (tertiary/aromatic N) is 2. The highest BCUT2D eigenvalue weighted by atomic mass is 32.1. The summed E-state index contributed by atoms with van der Waals surface area (Å²) in [6, 6.07) is 2.26. The predicted octanol–water partition coefficient (Wildman–Crippen LogP) is 3.84. The normalized spacial score (nSPS) is 17.4. The molecule has 0 unspecified atom stereocenters. The third kappa shape index (κ3) is 1.29. The van der Waals surface area contributed by atoms with Crippen LogP contribution in [0.25, 0.3) is 16.0 Å². The number of thiophene rings is 1. The molecule has 0 fully saturated rings. The molecule has 2 aromatic rings. The maximum absolute atomic E-state index is 5.48. The number of aryl methyl sites for hydroxylation is 2. The van der Waals surface area contributed by atoms with E-state index in [1.807, 2.05) is 6.92 Å². The van der Waals surface area contributed by atoms with Gasteiger partial charge in [0, 0.05) is 18.0 Å². The van der Waals surface area contributed by atoms with E-state index in [-0.39, 0.29) is 0 Å². The zero-order valence-electron chi connectivity index (χ0n) is 10.1. The van der Waals surface area contributed by atoms with Gasteiger partial charge in [0.15, 0.2) is 5.90 Å². The van der Waals surface area contributed by atoms with E-state index < -0.39 is 0 Å². The van der Waals surface area contributed by atoms with Crippen molar-refractivity contribution in [3.8, 4) is 0 Å². The Morgan fingerprint density at radius 1 is 1.39 bits per heavy atom. The van der Waals surface area contributed by atoms with Gasteiger partial charge in [0.05, 0.1) is 10.6 Å². The van der Waals surface area contributed by atoms with Crippen molar-refractivity contribution in [3.63, 3.8) is 0 Å². The summed E-state index contributed by atoms with van der Waals surface area (Å²) in [6.45, 7) is 5.82. The molecule has 2 aromatic heterocycles. The first kappa shape index (κ1) is 10.3. The summed E-state index contributed by atoms with van der Waals surface area (Å²) in [5, 5.41) is 1.15. The van der Waals surface area contributed by atoms with Crippen LogP contribution >= 0.6 is 11.3 Å². The summed E-state index contributed by atoms with van der Waals surface area (Å²) in [5.41, 5.74) is 3.63. The van der Waals surface area contributed by atoms with Crippen LogP contribution in [0.1, 0.15) is 29.5 Å². The van der Waals surface area contributed by atoms with Crippen molar-refractivity contribution in [2.75, 3.05) is 0 Å². The molecule has 0 saturated carbocycles. The third-order valence-electron chi connectivity index (χ3n) is 3.48. The van der Waals surface area contributed by atoms with E-state index in [4.69, 9.17) is 9.72 Å². The minimum absolute atomic E-state index is 0.660. The smallest absolute Gasteiger partial charge is 0.192 e. The number of ether oxygens (including phenoxy) is 1. The van der Waals surface area contributed by atoms with Gasteiger partial charge in [-0.25, -0.2) is 9.98 Å². The molecular formula is C14H12N2OS. The highest BCUT2D eigenvalue weighted by molar-refractivity contribution is 7.20. The molecule has 0 bridgehead atoms. The van der Waals surface area contributed by atoms with E-state index >= 15 is 0 Å². The highest BCUT2D eigenvalue weighted by Crippen LogP contribution is 2.44. The van der Waals surface area contributed by atoms with Gasteiger partial charge in [-0.2, -0.15) is 0 Å². The first-order valence-corrected chi connectivity index (χ1v) is 6.92. The maximum Gasteiger partial charge on any atom is 0.192 e. The van der Waals surface area contributed by atoms with E-state index in [9.17, 15) is 0 Å². The number of aromatic nitrogens is 1. The van der Waals surface area contributed by atoms with Gasteiger partial charge in [-0.15, -0.1) is 11.3 Å². The maximum atomic E-state index is 5.48. The summed E-state index contributed by atoms with van der Waals surface area (Å²) >= 11 is 1.63. The summed E-state index contributed by atoms with van der Waals surface area (Å²) < 4.78 is 5.48. The van der Waals surface area contributed by atoms with Crippen molar-refractivity contribution in [3.05, 3.63) is 28.8 Å². The van der Waals surface area contributed by atoms with Crippen LogP contribution in [0.3, 0.4) is 0 Å². The zero-order chi connectivity index (χ0) is 12.3. The Bertz CT molecular complexity index is 727. The Hall–Kier alpha value is -1.68. The molecule has 2 aliphatic rings. The molecule has 1 aliphatic carbocycles. The first-order chi connectivity index (χ1) is 8.72. The van der Waals surface area contributed by atoms with Gasteiger partial charge in [-0.05, 0) is 30.9 Å². The average Bonchev–Trinajstić information content (AvgIpc) is 2.90. The number of aliphatic imine (C=N–C) groups is 1. The molecule has 1 aliphatic heterocycles. The Labute approximate surface area is 109 Å². The number of fused-ring (bicyclic) bond motifs is 4. The minimum Gasteiger partial charge on any atom is -0.442 e. The molecular weight excluding hydrogens is 244 g/mol. The molecule has 3 nitrogen and oxygen atoms in total. The molecule has 0 spiro atoms. The van der Waals surface area contributed by atoms with Crippen LogP contribution in [0, 0.1) is 0 Å². The van der Waals surface area contributed by atoms with E-state index in [1.165, 1.54) is 17.7 Å². The fourth-order valence-corrected chi connectivity index (χ4v) is 3.70. The van der Waals surface area contributed by atoms with Gasteiger partial charge < -0.3 is 4.74 Å². The van der Waals surface area contributed by atoms with Crippen LogP contribution in [0.5, 0.6) is 0 Å². The van der Waals surface area contributed by atoms with Crippen LogP contribution in [-0.4, -0.2) is 10.9 Å². The van der Waals surface area contributed by atoms with E-state index in [0.29, 0.717) is 11.7 Å². The van der Waals surface area contributed by atoms with Crippen molar-refractivity contribution in [1.82, 2.24) is 4.98 Å². The fraction of sp³-hybridized carbons (Fsp3) is 0.286. The number of rotatable bonds is 0. The molecule has 90 valence electrons. The van der Waals surface area contributed by atoms with Gasteiger partial charge >= 0.3 is 0 Å². The molecule has 0 N–H and O–H groups in total. The second-order valence-electron chi connectivity index (χ2n) is 4.74. The number of hydrogen-bond acceptors (Lipinski definition) is 4. The topological polar surface area (TPSA) is 34.5 Å². The molecule has 4 rings (SSSR count). The Morgan fingerprint density at radius 2 is 2.28 bits per heavy atom. The Balaban J connectivity index is 2.07. The van der Waals surface area contributed by atoms with Crippen molar-refractivity contribution in [1.29, 1.82) is 0 Å². The molecule has 0 amide bonds. The molecule has 0 saturated heterocycles. The summed E-state index contributed by atoms with van der Waals surface area (Å²) in [4.78, 5) is 11.4. The van der Waals surface area contributed by atoms with Gasteiger partial charge in [0.25, 0.3) is 0 Å². The Kier molecular flexibility index (Phi) is 1.95. The quantitative estimate of drug-likeness (QED) is 0.717. The molecule has 0 atom stereocenters. The van der Waals surface area contributed by atoms with Crippen molar-refractivity contribution in [2.24, 2.45) is 4.99 Å². The van der Waals surface area contributed by atoms with Gasteiger partial charge in [0.1, 0.15) is 10.6 Å². The lowest BCUT2D eigenvalue weighted by Crippen LogP contribution is -2.01. The Morgan fingerprint density at radius 3 is 3.17 bits per heavy atom. The number of hydrogen-bond donors (Lipinski definition) is 0. The summed E-state index contributed by atoms with van der Waals surface area (Å²) in [7, 11) is 0. The van der Waals surface area contributed by atoms with Gasteiger partial charge in [-0.1, -0.05) is 6.58 Å². The lowest BCUT2D eigenvalue weighted by atomic mass is 10.1. The largest absolute Gasteiger partial charge is 0.442 e. The molecule has 0 aromatic carbocycles. The second-order valence-corrected chi connectivity index (χ2v) is 5.74. The van der Waals surface area contributed by atoms with Crippen LogP contribution in [-0.2, 0) is 17.6 Å². The standard InChI is InChI=1S/C14H12N2OS/c1-7-13-12(15-8(2)17-7)10-6-9-4-3-5-11(9)16-14(10)18-13/h6H,1,3-5H2,2H3. The first-order valence-electron chi connectivity index (χ1n) is 6.10. The predicted molar refractivity (Wildman–Crippen MR) is 74.5 cm³/mol. The van der Waals surface area contributed by atoms with E-state index in [0.717, 1.165) is 33.6 Å². The molecule has 3 heterocycles. The SMILES string of the molecule is C=C1OC(C)=Nc2c1sc1nc3c(cc21)CCC3. The van der Waals surface area contributed by atoms with E-state index in [1.54, 1.807) is 11.3 Å². The number of pyridine rings is 1. The van der Waals surface area contributed by atoms with Crippen LogP contribution in [0.2, 0.25) is 0 Å². The van der Waals surface area contributed by atoms with Crippen molar-refractivity contribution < 1.29 is 4.74 Å². The summed E-state index contributed by atoms with van der Waals surface area (Å²) in [6.07, 6.45) is 3.47. The third-order valence-corrected chi connectivity index (χ3v) is 4.61. The minimum atomic E-state index is 0.660. The van der Waals surface area contributed by atoms with Crippen molar-refractivity contribution >= 4 is 38.9 Å². The van der Waals surface area contributed by atoms with Gasteiger partial charge in [0.2, 0.25) is 0 Å². The van der Waals surface area contributed by atoms with Crippen LogP contribution in [0.4, 0.5) is 5.69 Å². The van der Waals surface area contributed by atoms with Gasteiger partial charge in [-0.3, -0.25) is 0 Å². The van der Waals surface area contributed by atoms with E-state index in [2.05, 4.69) is 17.6 Å². The average molecular weight is 256 g/mol. The lowest BCUT2D eigenvalue weighted by molar-refractivity contribution is 0.502. The lowest BCUT2D eigenvalue weighted by Gasteiger charge is -2.12. The van der Waals surface area contributed by atoms with Crippen LogP contribution in [0.15, 0.2) is 17.6 Å². The zero-order valence-corrected chi connectivity index (χ0v) is 10.9.